The molecule has 1 fully saturated rings. The fraction of sp³-hybridized carbons (Fsp3) is 0.412. The number of hydrogen-bond donors (Lipinski definition) is 1. The van der Waals surface area contributed by atoms with Gasteiger partial charge in [-0.2, -0.15) is 5.26 Å². The number of para-hydroxylation sites is 2. The molecule has 1 aromatic rings. The van der Waals surface area contributed by atoms with Crippen molar-refractivity contribution < 1.29 is 9.72 Å². The summed E-state index contributed by atoms with van der Waals surface area (Å²) in [5.74, 6) is -0.632. The Kier molecular flexibility index (Phi) is 5.90. The number of rotatable bonds is 5. The number of likely N-dealkylation sites (tertiary alicyclic amines) is 1. The van der Waals surface area contributed by atoms with E-state index in [1.807, 2.05) is 11.0 Å². The van der Waals surface area contributed by atoms with Crippen LogP contribution in [-0.2, 0) is 4.79 Å². The lowest BCUT2D eigenvalue weighted by Crippen LogP contribution is -2.35. The van der Waals surface area contributed by atoms with Crippen LogP contribution in [0.1, 0.15) is 32.6 Å². The number of nitriles is 1. The molecule has 1 atom stereocenters. The minimum absolute atomic E-state index is 0.0477. The first kappa shape index (κ1) is 17.5. The van der Waals surface area contributed by atoms with Crippen molar-refractivity contribution >= 4 is 17.3 Å². The molecule has 1 N–H and O–H groups in total. The van der Waals surface area contributed by atoms with Gasteiger partial charge in [0.15, 0.2) is 0 Å². The van der Waals surface area contributed by atoms with E-state index in [0.29, 0.717) is 6.04 Å². The molecule has 0 saturated carbocycles. The molecule has 0 radical (unpaired) electrons. The molecular weight excluding hydrogens is 308 g/mol. The minimum atomic E-state index is -0.632. The fourth-order valence-corrected chi connectivity index (χ4v) is 2.86. The highest BCUT2D eigenvalue weighted by molar-refractivity contribution is 6.07. The maximum Gasteiger partial charge on any atom is 0.292 e. The first-order valence-corrected chi connectivity index (χ1v) is 7.99. The van der Waals surface area contributed by atoms with E-state index in [-0.39, 0.29) is 16.9 Å². The van der Waals surface area contributed by atoms with Crippen molar-refractivity contribution in [2.75, 3.05) is 11.9 Å². The summed E-state index contributed by atoms with van der Waals surface area (Å²) in [5, 5.41) is 22.8. The largest absolute Gasteiger partial charge is 0.373 e. The number of benzene rings is 1. The summed E-state index contributed by atoms with van der Waals surface area (Å²) in [6.45, 7) is 2.89. The maximum atomic E-state index is 12.3. The molecule has 7 nitrogen and oxygen atoms in total. The average molecular weight is 328 g/mol. The van der Waals surface area contributed by atoms with Gasteiger partial charge in [0, 0.05) is 24.9 Å². The molecule has 0 spiro atoms. The zero-order valence-electron chi connectivity index (χ0n) is 13.6. The summed E-state index contributed by atoms with van der Waals surface area (Å²) < 4.78 is 0. The van der Waals surface area contributed by atoms with Gasteiger partial charge in [-0.05, 0) is 31.7 Å². The molecule has 126 valence electrons. The van der Waals surface area contributed by atoms with Gasteiger partial charge in [-0.3, -0.25) is 14.9 Å². The molecule has 1 aliphatic rings. The molecule has 0 aliphatic carbocycles. The number of nitrogens with one attached hydrogen (secondary N) is 1. The van der Waals surface area contributed by atoms with Crippen molar-refractivity contribution in [2.45, 2.75) is 38.6 Å². The monoisotopic (exact) mass is 328 g/mol. The molecule has 1 amide bonds. The Bertz CT molecular complexity index is 693. The lowest BCUT2D eigenvalue weighted by atomic mass is 10.0. The molecule has 2 rings (SSSR count). The van der Waals surface area contributed by atoms with Crippen molar-refractivity contribution in [3.8, 4) is 6.07 Å². The number of amides is 1. The van der Waals surface area contributed by atoms with Gasteiger partial charge in [0.1, 0.15) is 17.3 Å². The molecule has 0 aromatic heterocycles. The molecule has 1 unspecified atom stereocenters. The number of nitro groups is 1. The van der Waals surface area contributed by atoms with Crippen LogP contribution in [0.15, 0.2) is 36.0 Å². The average Bonchev–Trinajstić information content (AvgIpc) is 2.60. The first-order valence-electron chi connectivity index (χ1n) is 7.99. The standard InChI is InChI=1S/C17H20N4O3/c1-2-14-7-5-6-10-20(14)12-13(11-18)17(22)19-15-8-3-4-9-16(15)21(23)24/h3-4,8-9,12,14H,2,5-7,10H2,1H3,(H,19,22)/b13-12-. The van der Waals surface area contributed by atoms with Gasteiger partial charge in [0.05, 0.1) is 4.92 Å². The molecule has 0 bridgehead atoms. The zero-order valence-corrected chi connectivity index (χ0v) is 13.6. The number of piperidine rings is 1. The minimum Gasteiger partial charge on any atom is -0.373 e. The Hall–Kier alpha value is -2.88. The van der Waals surface area contributed by atoms with Crippen molar-refractivity contribution in [3.63, 3.8) is 0 Å². The van der Waals surface area contributed by atoms with Crippen molar-refractivity contribution in [2.24, 2.45) is 0 Å². The van der Waals surface area contributed by atoms with E-state index in [0.717, 1.165) is 32.2 Å². The highest BCUT2D eigenvalue weighted by Crippen LogP contribution is 2.24. The third-order valence-corrected chi connectivity index (χ3v) is 4.15. The summed E-state index contributed by atoms with van der Waals surface area (Å²) in [7, 11) is 0. The smallest absolute Gasteiger partial charge is 0.292 e. The summed E-state index contributed by atoms with van der Waals surface area (Å²) in [6.07, 6.45) is 5.74. The Balaban J connectivity index is 2.19. The third kappa shape index (κ3) is 4.10. The second-order valence-electron chi connectivity index (χ2n) is 5.68. The van der Waals surface area contributed by atoms with Gasteiger partial charge in [-0.1, -0.05) is 19.1 Å². The predicted octanol–water partition coefficient (Wildman–Crippen LogP) is 3.21. The summed E-state index contributed by atoms with van der Waals surface area (Å²) in [4.78, 5) is 24.8. The number of carbonyl (C=O) groups excluding carboxylic acids is 1. The van der Waals surface area contributed by atoms with E-state index >= 15 is 0 Å². The van der Waals surface area contributed by atoms with Crippen LogP contribution >= 0.6 is 0 Å². The molecule has 1 heterocycles. The van der Waals surface area contributed by atoms with E-state index in [9.17, 15) is 20.2 Å². The number of hydrogen-bond acceptors (Lipinski definition) is 5. The fourth-order valence-electron chi connectivity index (χ4n) is 2.86. The van der Waals surface area contributed by atoms with Gasteiger partial charge < -0.3 is 10.2 Å². The summed E-state index contributed by atoms with van der Waals surface area (Å²) in [6, 6.07) is 8.09. The van der Waals surface area contributed by atoms with Crippen molar-refractivity contribution in [1.82, 2.24) is 4.90 Å². The Morgan fingerprint density at radius 1 is 1.50 bits per heavy atom. The number of anilines is 1. The van der Waals surface area contributed by atoms with Gasteiger partial charge >= 0.3 is 0 Å². The zero-order chi connectivity index (χ0) is 17.5. The van der Waals surface area contributed by atoms with Gasteiger partial charge in [-0.25, -0.2) is 0 Å². The normalized spacial score (nSPS) is 17.9. The third-order valence-electron chi connectivity index (χ3n) is 4.15. The van der Waals surface area contributed by atoms with Crippen LogP contribution in [0, 0.1) is 21.4 Å². The lowest BCUT2D eigenvalue weighted by Gasteiger charge is -2.34. The van der Waals surface area contributed by atoms with Gasteiger partial charge in [0.25, 0.3) is 11.6 Å². The topological polar surface area (TPSA) is 99.3 Å². The highest BCUT2D eigenvalue weighted by atomic mass is 16.6. The van der Waals surface area contributed by atoms with Crippen LogP contribution in [0.5, 0.6) is 0 Å². The predicted molar refractivity (Wildman–Crippen MR) is 90.1 cm³/mol. The van der Waals surface area contributed by atoms with Crippen molar-refractivity contribution in [3.05, 3.63) is 46.2 Å². The molecule has 7 heteroatoms. The SMILES string of the molecule is CCC1CCCCN1/C=C(/C#N)C(=O)Nc1ccccc1[N+](=O)[O-]. The Labute approximate surface area is 140 Å². The number of nitrogens with zero attached hydrogens (tertiary/aromatic N) is 3. The summed E-state index contributed by atoms with van der Waals surface area (Å²) in [5.41, 5.74) is -0.166. The first-order chi connectivity index (χ1) is 11.6. The second-order valence-corrected chi connectivity index (χ2v) is 5.68. The second kappa shape index (κ2) is 8.11. The van der Waals surface area contributed by atoms with Gasteiger partial charge in [0.2, 0.25) is 0 Å². The molecule has 1 aromatic carbocycles. The van der Waals surface area contributed by atoms with Crippen LogP contribution in [0.2, 0.25) is 0 Å². The van der Waals surface area contributed by atoms with Crippen LogP contribution in [0.25, 0.3) is 0 Å². The quantitative estimate of drug-likeness (QED) is 0.387. The van der Waals surface area contributed by atoms with Crippen LogP contribution in [-0.4, -0.2) is 28.3 Å². The van der Waals surface area contributed by atoms with E-state index in [4.69, 9.17) is 0 Å². The van der Waals surface area contributed by atoms with E-state index in [1.54, 1.807) is 12.3 Å². The Morgan fingerprint density at radius 2 is 2.25 bits per heavy atom. The number of carbonyl (C=O) groups is 1. The van der Waals surface area contributed by atoms with E-state index in [2.05, 4.69) is 12.2 Å². The molecule has 1 saturated heterocycles. The maximum absolute atomic E-state index is 12.3. The van der Waals surface area contributed by atoms with Gasteiger partial charge in [-0.15, -0.1) is 0 Å². The summed E-state index contributed by atoms with van der Waals surface area (Å²) >= 11 is 0. The number of nitro benzene ring substituents is 1. The van der Waals surface area contributed by atoms with Crippen LogP contribution < -0.4 is 5.32 Å². The molecule has 1 aliphatic heterocycles. The van der Waals surface area contributed by atoms with Crippen LogP contribution in [0.4, 0.5) is 11.4 Å². The Morgan fingerprint density at radius 3 is 2.92 bits per heavy atom. The highest BCUT2D eigenvalue weighted by Gasteiger charge is 2.22. The van der Waals surface area contributed by atoms with Crippen molar-refractivity contribution in [1.29, 1.82) is 5.26 Å². The van der Waals surface area contributed by atoms with Crippen LogP contribution in [0.3, 0.4) is 0 Å². The molecule has 24 heavy (non-hydrogen) atoms. The lowest BCUT2D eigenvalue weighted by molar-refractivity contribution is -0.383. The van der Waals surface area contributed by atoms with E-state index < -0.39 is 10.8 Å². The van der Waals surface area contributed by atoms with E-state index in [1.165, 1.54) is 18.2 Å². The molecular formula is C17H20N4O3.